The van der Waals surface area contributed by atoms with Gasteiger partial charge in [-0.3, -0.25) is 9.88 Å². The molecule has 144 valence electrons. The number of pyridine rings is 1. The van der Waals surface area contributed by atoms with Crippen LogP contribution in [0.1, 0.15) is 17.2 Å². The lowest BCUT2D eigenvalue weighted by molar-refractivity contribution is 0.215. The predicted molar refractivity (Wildman–Crippen MR) is 118 cm³/mol. The van der Waals surface area contributed by atoms with Crippen LogP contribution < -0.4 is 4.90 Å². The molecule has 0 bridgehead atoms. The van der Waals surface area contributed by atoms with E-state index >= 15 is 0 Å². The minimum atomic E-state index is 0.173. The quantitative estimate of drug-likeness (QED) is 0.496. The minimum absolute atomic E-state index is 0.173. The van der Waals surface area contributed by atoms with Crippen LogP contribution in [0, 0.1) is 0 Å². The van der Waals surface area contributed by atoms with E-state index in [2.05, 4.69) is 39.0 Å². The maximum Gasteiger partial charge on any atom is 0.0670 e. The summed E-state index contributed by atoms with van der Waals surface area (Å²) in [6.45, 7) is 3.61. The first kappa shape index (κ1) is 19.5. The molecule has 6 heteroatoms. The van der Waals surface area contributed by atoms with E-state index in [1.807, 2.05) is 36.7 Å². The van der Waals surface area contributed by atoms with Crippen molar-refractivity contribution in [2.24, 2.45) is 0 Å². The zero-order valence-electron chi connectivity index (χ0n) is 15.2. The van der Waals surface area contributed by atoms with Gasteiger partial charge in [0, 0.05) is 48.6 Å². The van der Waals surface area contributed by atoms with Crippen molar-refractivity contribution in [3.8, 4) is 0 Å². The molecule has 0 amide bonds. The normalized spacial score (nSPS) is 17.7. The molecule has 2 heterocycles. The lowest BCUT2D eigenvalue weighted by Gasteiger charge is -2.43. The highest BCUT2D eigenvalue weighted by molar-refractivity contribution is 6.36. The molecule has 0 radical (unpaired) electrons. The third-order valence-corrected chi connectivity index (χ3v) is 5.88. The summed E-state index contributed by atoms with van der Waals surface area (Å²) in [6, 6.07) is 18.1. The van der Waals surface area contributed by atoms with Gasteiger partial charge in [-0.1, -0.05) is 46.9 Å². The average molecular weight is 433 g/mol. The number of nitrogens with zero attached hydrogens (tertiary/aromatic N) is 3. The Bertz CT molecular complexity index is 932. The molecule has 1 aliphatic rings. The molecule has 1 fully saturated rings. The van der Waals surface area contributed by atoms with Crippen molar-refractivity contribution in [2.45, 2.75) is 12.6 Å². The Balaban J connectivity index is 1.63. The number of hydrogen-bond acceptors (Lipinski definition) is 3. The Kier molecular flexibility index (Phi) is 6.07. The molecule has 1 atom stereocenters. The van der Waals surface area contributed by atoms with Crippen LogP contribution in [0.2, 0.25) is 15.1 Å². The Hall–Kier alpha value is -1.78. The van der Waals surface area contributed by atoms with Gasteiger partial charge in [-0.2, -0.15) is 0 Å². The van der Waals surface area contributed by atoms with Crippen LogP contribution in [0.4, 0.5) is 5.69 Å². The highest BCUT2D eigenvalue weighted by atomic mass is 35.5. The van der Waals surface area contributed by atoms with Crippen LogP contribution in [0.5, 0.6) is 0 Å². The fourth-order valence-corrected chi connectivity index (χ4v) is 4.35. The molecular formula is C22H20Cl3N3. The van der Waals surface area contributed by atoms with Crippen LogP contribution >= 0.6 is 34.8 Å². The van der Waals surface area contributed by atoms with Crippen LogP contribution in [-0.4, -0.2) is 29.5 Å². The van der Waals surface area contributed by atoms with Gasteiger partial charge in [-0.25, -0.2) is 0 Å². The predicted octanol–water partition coefficient (Wildman–Crippen LogP) is 6.11. The second-order valence-corrected chi connectivity index (χ2v) is 8.23. The van der Waals surface area contributed by atoms with Gasteiger partial charge in [0.1, 0.15) is 0 Å². The molecule has 1 aliphatic heterocycles. The zero-order valence-corrected chi connectivity index (χ0v) is 17.5. The smallest absolute Gasteiger partial charge is 0.0670 e. The largest absolute Gasteiger partial charge is 0.361 e. The van der Waals surface area contributed by atoms with Crippen LogP contribution in [0.3, 0.4) is 0 Å². The third-order valence-electron chi connectivity index (χ3n) is 5.09. The van der Waals surface area contributed by atoms with E-state index < -0.39 is 0 Å². The summed E-state index contributed by atoms with van der Waals surface area (Å²) < 4.78 is 0. The number of piperazine rings is 1. The van der Waals surface area contributed by atoms with Gasteiger partial charge in [0.25, 0.3) is 0 Å². The summed E-state index contributed by atoms with van der Waals surface area (Å²) in [5.41, 5.74) is 3.49. The first-order valence-corrected chi connectivity index (χ1v) is 10.3. The molecule has 0 saturated carbocycles. The first-order chi connectivity index (χ1) is 13.6. The minimum Gasteiger partial charge on any atom is -0.361 e. The number of rotatable bonds is 4. The number of anilines is 1. The Labute approximate surface area is 180 Å². The molecule has 1 aromatic heterocycles. The van der Waals surface area contributed by atoms with Gasteiger partial charge >= 0.3 is 0 Å². The van der Waals surface area contributed by atoms with E-state index in [1.54, 1.807) is 6.07 Å². The average Bonchev–Trinajstić information content (AvgIpc) is 2.70. The van der Waals surface area contributed by atoms with E-state index in [1.165, 1.54) is 11.1 Å². The number of benzene rings is 2. The monoisotopic (exact) mass is 431 g/mol. The summed E-state index contributed by atoms with van der Waals surface area (Å²) in [4.78, 5) is 8.95. The Morgan fingerprint density at radius 1 is 0.857 bits per heavy atom. The third kappa shape index (κ3) is 4.44. The summed E-state index contributed by atoms with van der Waals surface area (Å²) >= 11 is 18.8. The van der Waals surface area contributed by atoms with Crippen molar-refractivity contribution >= 4 is 40.5 Å². The summed E-state index contributed by atoms with van der Waals surface area (Å²) in [5.74, 6) is 0. The van der Waals surface area contributed by atoms with Gasteiger partial charge in [0.05, 0.1) is 16.8 Å². The molecule has 0 spiro atoms. The molecule has 1 saturated heterocycles. The molecule has 2 aromatic carbocycles. The lowest BCUT2D eigenvalue weighted by atomic mass is 10.0. The second-order valence-electron chi connectivity index (χ2n) is 6.95. The van der Waals surface area contributed by atoms with Crippen molar-refractivity contribution in [2.75, 3.05) is 24.5 Å². The van der Waals surface area contributed by atoms with E-state index in [4.69, 9.17) is 34.8 Å². The van der Waals surface area contributed by atoms with E-state index in [0.717, 1.165) is 36.9 Å². The van der Waals surface area contributed by atoms with Crippen molar-refractivity contribution < 1.29 is 0 Å². The highest BCUT2D eigenvalue weighted by Gasteiger charge is 2.29. The van der Waals surface area contributed by atoms with Crippen molar-refractivity contribution in [3.63, 3.8) is 0 Å². The van der Waals surface area contributed by atoms with E-state index in [0.29, 0.717) is 10.0 Å². The van der Waals surface area contributed by atoms with Gasteiger partial charge in [0.2, 0.25) is 0 Å². The van der Waals surface area contributed by atoms with Crippen LogP contribution in [0.15, 0.2) is 67.0 Å². The molecular weight excluding hydrogens is 413 g/mol. The number of aromatic nitrogens is 1. The van der Waals surface area contributed by atoms with Crippen molar-refractivity contribution in [3.05, 3.63) is 93.2 Å². The Morgan fingerprint density at radius 2 is 1.57 bits per heavy atom. The van der Waals surface area contributed by atoms with Gasteiger partial charge in [-0.05, 0) is 53.6 Å². The van der Waals surface area contributed by atoms with Gasteiger partial charge in [0.15, 0.2) is 0 Å². The molecule has 0 aliphatic carbocycles. The number of hydrogen-bond donors (Lipinski definition) is 0. The molecule has 4 rings (SSSR count). The fraction of sp³-hybridized carbons (Fsp3) is 0.227. The van der Waals surface area contributed by atoms with Gasteiger partial charge in [-0.15, -0.1) is 0 Å². The SMILES string of the molecule is Clc1ccc([C@@H]2CN(Cc3ccncc3)CCN2c2ccc(Cl)cc2Cl)cc1. The van der Waals surface area contributed by atoms with Crippen LogP contribution in [0.25, 0.3) is 0 Å². The maximum absolute atomic E-state index is 6.54. The maximum atomic E-state index is 6.54. The van der Waals surface area contributed by atoms with Crippen molar-refractivity contribution in [1.29, 1.82) is 0 Å². The van der Waals surface area contributed by atoms with Crippen LogP contribution in [-0.2, 0) is 6.54 Å². The summed E-state index contributed by atoms with van der Waals surface area (Å²) in [7, 11) is 0. The summed E-state index contributed by atoms with van der Waals surface area (Å²) in [6.07, 6.45) is 3.69. The van der Waals surface area contributed by atoms with E-state index in [-0.39, 0.29) is 6.04 Å². The second kappa shape index (κ2) is 8.71. The van der Waals surface area contributed by atoms with E-state index in [9.17, 15) is 0 Å². The molecule has 0 unspecified atom stereocenters. The first-order valence-electron chi connectivity index (χ1n) is 9.18. The standard InChI is InChI=1S/C22H20Cl3N3/c23-18-3-1-17(2-4-18)22-15-27(14-16-7-9-26-10-8-16)11-12-28(22)21-6-5-19(24)13-20(21)25/h1-10,13,22H,11-12,14-15H2/t22-/m0/s1. The molecule has 28 heavy (non-hydrogen) atoms. The van der Waals surface area contributed by atoms with Gasteiger partial charge < -0.3 is 4.90 Å². The molecule has 3 nitrogen and oxygen atoms in total. The molecule has 3 aromatic rings. The fourth-order valence-electron chi connectivity index (χ4n) is 3.70. The molecule has 0 N–H and O–H groups in total. The number of halogens is 3. The Morgan fingerprint density at radius 3 is 2.29 bits per heavy atom. The zero-order chi connectivity index (χ0) is 19.5. The topological polar surface area (TPSA) is 19.4 Å². The lowest BCUT2D eigenvalue weighted by Crippen LogP contribution is -2.48. The highest BCUT2D eigenvalue weighted by Crippen LogP contribution is 2.37. The van der Waals surface area contributed by atoms with Crippen molar-refractivity contribution in [1.82, 2.24) is 9.88 Å². The summed E-state index contributed by atoms with van der Waals surface area (Å²) in [5, 5.41) is 2.06.